The molecule has 0 unspecified atom stereocenters. The van der Waals surface area contributed by atoms with Crippen LogP contribution >= 0.6 is 0 Å². The average molecular weight is 1060 g/mol. The molecule has 2 fully saturated rings. The first-order valence-corrected chi connectivity index (χ1v) is 26.3. The van der Waals surface area contributed by atoms with E-state index in [9.17, 15) is 63.0 Å². The molecule has 8 amide bonds. The maximum atomic E-state index is 14.7. The van der Waals surface area contributed by atoms with Crippen molar-refractivity contribution in [3.05, 3.63) is 48.2 Å². The molecular weight excluding hydrogens is 987 g/mol. The van der Waals surface area contributed by atoms with Crippen molar-refractivity contribution in [3.8, 4) is 0 Å². The SMILES string of the molecule is CCCC[C@H](NC(=O)[C@H](CC/C=C/C(=O)OC)NC(=O)[C@@H](CC(=O)O)NC(C)=O)C(=O)N[C@@H](CCCC)C(=O)N[C@@H](CC(C)C)C(=O)N1CCC[C@H]1C(=O)N[C@@H](Cc1c[nH]c2ccccc12)C(=O)N1CCC[C@H]1C(=O)O. The molecule has 0 radical (unpaired) electrons. The number of hydrogen-bond acceptors (Lipinski definition) is 12. The van der Waals surface area contributed by atoms with E-state index in [4.69, 9.17) is 0 Å². The van der Waals surface area contributed by atoms with Crippen molar-refractivity contribution >= 4 is 76.1 Å². The number of hydrogen-bond donors (Lipinski definition) is 9. The third-order valence-electron chi connectivity index (χ3n) is 13.4. The Morgan fingerprint density at radius 1 is 0.697 bits per heavy atom. The molecule has 23 nitrogen and oxygen atoms in total. The number of esters is 1. The van der Waals surface area contributed by atoms with Crippen molar-refractivity contribution in [1.82, 2.24) is 46.7 Å². The average Bonchev–Trinajstić information content (AvgIpc) is 4.17. The number of benzene rings is 1. The number of amides is 8. The number of ether oxygens (including phenoxy) is 1. The molecule has 8 atom stereocenters. The van der Waals surface area contributed by atoms with Gasteiger partial charge in [-0.3, -0.25) is 43.2 Å². The smallest absolute Gasteiger partial charge is 0.330 e. The molecule has 1 aromatic carbocycles. The zero-order chi connectivity index (χ0) is 56.1. The number of allylic oxidation sites excluding steroid dienone is 1. The first-order valence-electron chi connectivity index (χ1n) is 26.3. The maximum absolute atomic E-state index is 14.7. The Balaban J connectivity index is 1.55. The van der Waals surface area contributed by atoms with Crippen molar-refractivity contribution in [3.63, 3.8) is 0 Å². The third kappa shape index (κ3) is 18.2. The van der Waals surface area contributed by atoms with E-state index in [1.807, 2.05) is 52.0 Å². The lowest BCUT2D eigenvalue weighted by Crippen LogP contribution is -2.60. The van der Waals surface area contributed by atoms with Gasteiger partial charge in [-0.15, -0.1) is 0 Å². The largest absolute Gasteiger partial charge is 0.481 e. The second-order valence-corrected chi connectivity index (χ2v) is 19.9. The van der Waals surface area contributed by atoms with Crippen LogP contribution in [0.4, 0.5) is 0 Å². The van der Waals surface area contributed by atoms with Crippen LogP contribution in [-0.2, 0) is 63.9 Å². The van der Waals surface area contributed by atoms with Gasteiger partial charge in [0, 0.05) is 49.6 Å². The van der Waals surface area contributed by atoms with Crippen LogP contribution in [-0.4, -0.2) is 159 Å². The second kappa shape index (κ2) is 30.3. The van der Waals surface area contributed by atoms with Crippen LogP contribution in [0.3, 0.4) is 0 Å². The van der Waals surface area contributed by atoms with Gasteiger partial charge < -0.3 is 61.6 Å². The summed E-state index contributed by atoms with van der Waals surface area (Å²) in [6.07, 6.45) is 7.40. The van der Waals surface area contributed by atoms with Crippen LogP contribution in [0.1, 0.15) is 130 Å². The summed E-state index contributed by atoms with van der Waals surface area (Å²) in [6, 6.07) is -2.34. The van der Waals surface area contributed by atoms with E-state index in [-0.39, 0.29) is 70.4 Å². The minimum Gasteiger partial charge on any atom is -0.481 e. The van der Waals surface area contributed by atoms with Crippen LogP contribution in [0.2, 0.25) is 0 Å². The summed E-state index contributed by atoms with van der Waals surface area (Å²) < 4.78 is 4.61. The van der Waals surface area contributed by atoms with Crippen molar-refractivity contribution in [2.45, 2.75) is 179 Å². The Morgan fingerprint density at radius 3 is 1.76 bits per heavy atom. The quantitative estimate of drug-likeness (QED) is 0.0400. The maximum Gasteiger partial charge on any atom is 0.330 e. The summed E-state index contributed by atoms with van der Waals surface area (Å²) in [6.45, 7) is 8.94. The van der Waals surface area contributed by atoms with Gasteiger partial charge >= 0.3 is 17.9 Å². The monoisotopic (exact) mass is 1060 g/mol. The predicted molar refractivity (Wildman–Crippen MR) is 278 cm³/mol. The Morgan fingerprint density at radius 2 is 1.22 bits per heavy atom. The molecular formula is C53H77N9O14. The normalized spacial score (nSPS) is 17.7. The summed E-state index contributed by atoms with van der Waals surface area (Å²) in [5.41, 5.74) is 1.54. The minimum absolute atomic E-state index is 0.0418. The lowest BCUT2D eigenvalue weighted by molar-refractivity contribution is -0.149. The summed E-state index contributed by atoms with van der Waals surface area (Å²) in [4.78, 5) is 152. The molecule has 1 aromatic heterocycles. The van der Waals surface area contributed by atoms with Crippen molar-refractivity contribution in [2.75, 3.05) is 20.2 Å². The molecule has 9 N–H and O–H groups in total. The molecule has 23 heteroatoms. The Kier molecular flexibility index (Phi) is 24.4. The first kappa shape index (κ1) is 61.2. The molecule has 2 saturated heterocycles. The van der Waals surface area contributed by atoms with Gasteiger partial charge in [0.05, 0.1) is 13.5 Å². The summed E-state index contributed by atoms with van der Waals surface area (Å²) >= 11 is 0. The van der Waals surface area contributed by atoms with Gasteiger partial charge in [0.2, 0.25) is 47.3 Å². The summed E-state index contributed by atoms with van der Waals surface area (Å²) in [5.74, 6) is -9.00. The van der Waals surface area contributed by atoms with Crippen LogP contribution in [0, 0.1) is 5.92 Å². The fourth-order valence-electron chi connectivity index (χ4n) is 9.52. The van der Waals surface area contributed by atoms with E-state index in [0.717, 1.165) is 29.5 Å². The topological polar surface area (TPSA) is 332 Å². The number of carbonyl (C=O) groups is 11. The zero-order valence-electron chi connectivity index (χ0n) is 44.4. The van der Waals surface area contributed by atoms with Crippen LogP contribution in [0.25, 0.3) is 10.9 Å². The van der Waals surface area contributed by atoms with E-state index in [0.29, 0.717) is 38.5 Å². The number of methoxy groups -OCH3 is 1. The molecule has 0 spiro atoms. The van der Waals surface area contributed by atoms with E-state index < -0.39 is 120 Å². The number of unbranched alkanes of at least 4 members (excludes halogenated alkanes) is 2. The number of aliphatic carboxylic acids is 2. The number of para-hydroxylation sites is 1. The summed E-state index contributed by atoms with van der Waals surface area (Å²) in [5, 5.41) is 36.1. The zero-order valence-corrected chi connectivity index (χ0v) is 44.4. The number of carboxylic acid groups (broad SMARTS) is 2. The number of carboxylic acids is 2. The van der Waals surface area contributed by atoms with E-state index >= 15 is 0 Å². The highest BCUT2D eigenvalue weighted by Gasteiger charge is 2.42. The number of aromatic nitrogens is 1. The molecule has 0 aliphatic carbocycles. The number of aromatic amines is 1. The summed E-state index contributed by atoms with van der Waals surface area (Å²) in [7, 11) is 1.18. The third-order valence-corrected chi connectivity index (χ3v) is 13.4. The lowest BCUT2D eigenvalue weighted by Gasteiger charge is -2.32. The number of nitrogens with one attached hydrogen (secondary N) is 7. The van der Waals surface area contributed by atoms with Crippen LogP contribution in [0.5, 0.6) is 0 Å². The van der Waals surface area contributed by atoms with Gasteiger partial charge in [0.15, 0.2) is 0 Å². The molecule has 418 valence electrons. The number of rotatable bonds is 30. The van der Waals surface area contributed by atoms with Gasteiger partial charge in [0.25, 0.3) is 0 Å². The molecule has 0 saturated carbocycles. The van der Waals surface area contributed by atoms with E-state index in [2.05, 4.69) is 41.6 Å². The van der Waals surface area contributed by atoms with Gasteiger partial charge in [-0.05, 0) is 75.3 Å². The molecule has 2 aliphatic rings. The molecule has 2 aromatic rings. The molecule has 4 rings (SSSR count). The van der Waals surface area contributed by atoms with Gasteiger partial charge in [-0.1, -0.05) is 77.7 Å². The predicted octanol–water partition coefficient (Wildman–Crippen LogP) is 2.12. The Hall–Kier alpha value is -7.33. The number of fused-ring (bicyclic) bond motifs is 1. The fraction of sp³-hybridized carbons (Fsp3) is 0.604. The van der Waals surface area contributed by atoms with Gasteiger partial charge in [-0.25, -0.2) is 9.59 Å². The standard InChI is InChI=1S/C53H77N9O14/c1-7-9-18-36(56-47(68)38(21-13-14-24-45(66)76-6)58-49(70)39(29-44(64)65)55-32(5)63)46(67)57-37(19-10-8-2)48(69)59-40(27-31(3)4)51(72)61-25-15-22-42(61)50(71)60-41(52(73)62-26-16-23-43(62)53(74)75)28-33-30-54-35-20-12-11-17-34(33)35/h11-12,14,17,20,24,30-31,36-43,54H,7-10,13,15-16,18-19,21-23,25-29H2,1-6H3,(H,55,63)(H,56,68)(H,57,67)(H,58,70)(H,59,69)(H,60,71)(H,64,65)(H,74,75)/b24-14+/t36-,37-,38-,39+,40-,41-,42-,43-/m0/s1. The van der Waals surface area contributed by atoms with E-state index in [1.54, 1.807) is 6.20 Å². The molecule has 2 aliphatic heterocycles. The molecule has 3 heterocycles. The Labute approximate surface area is 442 Å². The minimum atomic E-state index is -1.55. The van der Waals surface area contributed by atoms with Gasteiger partial charge in [0.1, 0.15) is 48.3 Å². The Bertz CT molecular complexity index is 2410. The van der Waals surface area contributed by atoms with Crippen molar-refractivity contribution < 1.29 is 67.7 Å². The van der Waals surface area contributed by atoms with Crippen LogP contribution < -0.4 is 31.9 Å². The number of carbonyl (C=O) groups excluding carboxylic acids is 9. The molecule has 0 bridgehead atoms. The highest BCUT2D eigenvalue weighted by Crippen LogP contribution is 2.25. The van der Waals surface area contributed by atoms with Gasteiger partial charge in [-0.2, -0.15) is 0 Å². The second-order valence-electron chi connectivity index (χ2n) is 19.9. The fourth-order valence-corrected chi connectivity index (χ4v) is 9.52. The van der Waals surface area contributed by atoms with E-state index in [1.165, 1.54) is 23.0 Å². The van der Waals surface area contributed by atoms with Crippen molar-refractivity contribution in [1.29, 1.82) is 0 Å². The number of H-pyrrole nitrogens is 1. The highest BCUT2D eigenvalue weighted by atomic mass is 16.5. The highest BCUT2D eigenvalue weighted by molar-refractivity contribution is 5.99. The number of nitrogens with zero attached hydrogens (tertiary/aromatic N) is 2. The van der Waals surface area contributed by atoms with Crippen LogP contribution in [0.15, 0.2) is 42.6 Å². The molecule has 76 heavy (non-hydrogen) atoms. The number of likely N-dealkylation sites (tertiary alicyclic amines) is 2. The lowest BCUT2D eigenvalue weighted by atomic mass is 10.00. The van der Waals surface area contributed by atoms with Crippen molar-refractivity contribution in [2.24, 2.45) is 5.92 Å². The first-order chi connectivity index (χ1) is 36.2.